The van der Waals surface area contributed by atoms with E-state index in [1.54, 1.807) is 12.1 Å². The van der Waals surface area contributed by atoms with Crippen LogP contribution in [0, 0.1) is 5.82 Å². The first-order valence-electron chi connectivity index (χ1n) is 8.78. The van der Waals surface area contributed by atoms with E-state index in [0.29, 0.717) is 26.3 Å². The molecule has 1 heterocycles. The highest BCUT2D eigenvalue weighted by Crippen LogP contribution is 2.37. The number of nitrogens with one attached hydrogen (secondary N) is 1. The molecule has 0 atom stereocenters. The van der Waals surface area contributed by atoms with Crippen LogP contribution in [0.25, 0.3) is 6.08 Å². The lowest BCUT2D eigenvalue weighted by Gasteiger charge is -2.12. The fourth-order valence-electron chi connectivity index (χ4n) is 2.63. The maximum Gasteiger partial charge on any atom is 0.341 e. The largest absolute Gasteiger partial charge is 0.480 e. The molecule has 0 bridgehead atoms. The van der Waals surface area contributed by atoms with Crippen molar-refractivity contribution in [2.45, 2.75) is 0 Å². The van der Waals surface area contributed by atoms with Gasteiger partial charge in [-0.3, -0.25) is 19.3 Å². The molecule has 3 rings (SSSR count). The number of thioether (sulfide) groups is 1. The minimum absolute atomic E-state index is 0.103. The van der Waals surface area contributed by atoms with Gasteiger partial charge < -0.3 is 15.2 Å². The molecular weight excluding hydrogens is 575 g/mol. The van der Waals surface area contributed by atoms with E-state index in [4.69, 9.17) is 9.84 Å². The van der Waals surface area contributed by atoms with Crippen molar-refractivity contribution < 1.29 is 33.4 Å². The number of rotatable bonds is 7. The third kappa shape index (κ3) is 5.96. The number of benzene rings is 2. The van der Waals surface area contributed by atoms with Gasteiger partial charge in [-0.2, -0.15) is 0 Å². The SMILES string of the molecule is O=C(O)COc1c(Br)cc(/C=C2/SC(=O)N(CC(=O)Nc3cccc(F)c3)C2=O)cc1Br. The van der Waals surface area contributed by atoms with E-state index in [1.165, 1.54) is 24.3 Å². The number of carboxylic acids is 1. The average Bonchev–Trinajstić information content (AvgIpc) is 2.94. The smallest absolute Gasteiger partial charge is 0.341 e. The van der Waals surface area contributed by atoms with Gasteiger partial charge in [0, 0.05) is 5.69 Å². The number of hydrogen-bond acceptors (Lipinski definition) is 6. The van der Waals surface area contributed by atoms with Crippen molar-refractivity contribution in [3.05, 3.63) is 61.6 Å². The van der Waals surface area contributed by atoms with Gasteiger partial charge in [-0.25, -0.2) is 9.18 Å². The third-order valence-electron chi connectivity index (χ3n) is 3.94. The van der Waals surface area contributed by atoms with Gasteiger partial charge in [-0.15, -0.1) is 0 Å². The van der Waals surface area contributed by atoms with E-state index in [1.807, 2.05) is 0 Å². The van der Waals surface area contributed by atoms with E-state index < -0.39 is 42.0 Å². The van der Waals surface area contributed by atoms with E-state index in [-0.39, 0.29) is 16.3 Å². The molecule has 2 aromatic carbocycles. The number of ether oxygens (including phenoxy) is 1. The second kappa shape index (κ2) is 10.3. The summed E-state index contributed by atoms with van der Waals surface area (Å²) in [5.74, 6) is -2.69. The number of carbonyl (C=O) groups is 4. The Bertz CT molecular complexity index is 1130. The minimum Gasteiger partial charge on any atom is -0.480 e. The molecule has 2 N–H and O–H groups in total. The molecule has 2 aromatic rings. The summed E-state index contributed by atoms with van der Waals surface area (Å²) < 4.78 is 19.3. The Morgan fingerprint density at radius 1 is 1.19 bits per heavy atom. The second-order valence-electron chi connectivity index (χ2n) is 6.32. The number of amides is 3. The van der Waals surface area contributed by atoms with Crippen LogP contribution < -0.4 is 10.1 Å². The standard InChI is InChI=1S/C20H13Br2FN2O6S/c21-13-4-10(5-14(22)18(13)31-9-17(27)28)6-15-19(29)25(20(30)32-15)8-16(26)24-12-3-1-2-11(23)7-12/h1-7H,8-9H2,(H,24,26)(H,27,28)/b15-6+. The Labute approximate surface area is 202 Å². The van der Waals surface area contributed by atoms with Crippen LogP contribution in [0.3, 0.4) is 0 Å². The summed E-state index contributed by atoms with van der Waals surface area (Å²) in [6.45, 7) is -1.05. The summed E-state index contributed by atoms with van der Waals surface area (Å²) in [4.78, 5) is 48.7. The zero-order valence-electron chi connectivity index (χ0n) is 15.9. The predicted octanol–water partition coefficient (Wildman–Crippen LogP) is 4.49. The Hall–Kier alpha value is -2.70. The van der Waals surface area contributed by atoms with Crippen molar-refractivity contribution in [3.8, 4) is 5.75 Å². The van der Waals surface area contributed by atoms with Gasteiger partial charge in [-0.05, 0) is 85.6 Å². The van der Waals surface area contributed by atoms with E-state index in [2.05, 4.69) is 37.2 Å². The number of halogens is 3. The fourth-order valence-corrected chi connectivity index (χ4v) is 4.92. The van der Waals surface area contributed by atoms with Crippen molar-refractivity contribution in [2.24, 2.45) is 0 Å². The van der Waals surface area contributed by atoms with Gasteiger partial charge in [0.05, 0.1) is 13.9 Å². The van der Waals surface area contributed by atoms with Crippen LogP contribution in [0.1, 0.15) is 5.56 Å². The molecule has 12 heteroatoms. The number of imide groups is 1. The van der Waals surface area contributed by atoms with Gasteiger partial charge in [0.25, 0.3) is 11.1 Å². The molecular formula is C20H13Br2FN2O6S. The lowest BCUT2D eigenvalue weighted by Crippen LogP contribution is -2.36. The predicted molar refractivity (Wildman–Crippen MR) is 123 cm³/mol. The molecule has 0 spiro atoms. The Morgan fingerprint density at radius 3 is 2.50 bits per heavy atom. The highest BCUT2D eigenvalue weighted by Gasteiger charge is 2.36. The van der Waals surface area contributed by atoms with Crippen LogP contribution in [0.4, 0.5) is 14.9 Å². The Morgan fingerprint density at radius 2 is 1.88 bits per heavy atom. The van der Waals surface area contributed by atoms with Crippen molar-refractivity contribution in [3.63, 3.8) is 0 Å². The zero-order chi connectivity index (χ0) is 23.4. The van der Waals surface area contributed by atoms with E-state index >= 15 is 0 Å². The lowest BCUT2D eigenvalue weighted by atomic mass is 10.2. The van der Waals surface area contributed by atoms with E-state index in [9.17, 15) is 23.6 Å². The number of aliphatic carboxylic acids is 1. The molecule has 3 amide bonds. The minimum atomic E-state index is -1.14. The molecule has 1 aliphatic rings. The summed E-state index contributed by atoms with van der Waals surface area (Å²) in [5.41, 5.74) is 0.735. The number of carboxylic acid groups (broad SMARTS) is 1. The quantitative estimate of drug-likeness (QED) is 0.459. The van der Waals surface area contributed by atoms with Crippen molar-refractivity contribution in [2.75, 3.05) is 18.5 Å². The van der Waals surface area contributed by atoms with Gasteiger partial charge in [0.15, 0.2) is 6.61 Å². The Balaban J connectivity index is 1.72. The number of nitrogens with zero attached hydrogens (tertiary/aromatic N) is 1. The molecule has 1 fully saturated rings. The second-order valence-corrected chi connectivity index (χ2v) is 9.02. The molecule has 166 valence electrons. The first-order valence-corrected chi connectivity index (χ1v) is 11.2. The summed E-state index contributed by atoms with van der Waals surface area (Å²) >= 11 is 7.24. The highest BCUT2D eigenvalue weighted by atomic mass is 79.9. The number of hydrogen-bond donors (Lipinski definition) is 2. The molecule has 0 aliphatic carbocycles. The molecule has 0 unspecified atom stereocenters. The van der Waals surface area contributed by atoms with Gasteiger partial charge >= 0.3 is 5.97 Å². The van der Waals surface area contributed by atoms with Crippen LogP contribution in [0.5, 0.6) is 5.75 Å². The number of carbonyl (C=O) groups excluding carboxylic acids is 3. The molecule has 32 heavy (non-hydrogen) atoms. The van der Waals surface area contributed by atoms with Crippen molar-refractivity contribution >= 4 is 78.4 Å². The van der Waals surface area contributed by atoms with Gasteiger partial charge in [0.1, 0.15) is 18.1 Å². The fraction of sp³-hybridized carbons (Fsp3) is 0.100. The van der Waals surface area contributed by atoms with Crippen LogP contribution in [0.15, 0.2) is 50.2 Å². The zero-order valence-corrected chi connectivity index (χ0v) is 19.9. The van der Waals surface area contributed by atoms with Gasteiger partial charge in [0.2, 0.25) is 5.91 Å². The maximum atomic E-state index is 13.2. The molecule has 0 aromatic heterocycles. The van der Waals surface area contributed by atoms with Crippen LogP contribution >= 0.6 is 43.6 Å². The van der Waals surface area contributed by atoms with Gasteiger partial charge in [-0.1, -0.05) is 6.07 Å². The molecule has 0 radical (unpaired) electrons. The van der Waals surface area contributed by atoms with Crippen LogP contribution in [0.2, 0.25) is 0 Å². The molecule has 1 saturated heterocycles. The summed E-state index contributed by atoms with van der Waals surface area (Å²) in [7, 11) is 0. The summed E-state index contributed by atoms with van der Waals surface area (Å²) in [6, 6.07) is 8.42. The average molecular weight is 588 g/mol. The number of anilines is 1. The van der Waals surface area contributed by atoms with Crippen molar-refractivity contribution in [1.82, 2.24) is 4.90 Å². The summed E-state index contributed by atoms with van der Waals surface area (Å²) in [5, 5.41) is 10.6. The van der Waals surface area contributed by atoms with Crippen molar-refractivity contribution in [1.29, 1.82) is 0 Å². The lowest BCUT2D eigenvalue weighted by molar-refractivity contribution is -0.139. The summed E-state index contributed by atoms with van der Waals surface area (Å²) in [6.07, 6.45) is 1.46. The monoisotopic (exact) mass is 586 g/mol. The first-order chi connectivity index (χ1) is 15.1. The molecule has 8 nitrogen and oxygen atoms in total. The first kappa shape index (κ1) is 24.0. The van der Waals surface area contributed by atoms with E-state index in [0.717, 1.165) is 11.0 Å². The normalized spacial score (nSPS) is 14.7. The van der Waals surface area contributed by atoms with Crippen LogP contribution in [-0.4, -0.2) is 46.2 Å². The topological polar surface area (TPSA) is 113 Å². The highest BCUT2D eigenvalue weighted by molar-refractivity contribution is 9.11. The molecule has 0 saturated carbocycles. The maximum absolute atomic E-state index is 13.2. The van der Waals surface area contributed by atoms with Crippen LogP contribution in [-0.2, 0) is 14.4 Å². The Kier molecular flexibility index (Phi) is 7.69. The molecule has 1 aliphatic heterocycles. The third-order valence-corrected chi connectivity index (χ3v) is 6.03.